The van der Waals surface area contributed by atoms with Crippen LogP contribution in [0.5, 0.6) is 0 Å². The van der Waals surface area contributed by atoms with Crippen molar-refractivity contribution < 1.29 is 13.3 Å². The van der Waals surface area contributed by atoms with E-state index < -0.39 is 0 Å². The molecule has 2 aliphatic heterocycles. The van der Waals surface area contributed by atoms with Gasteiger partial charge >= 0.3 is 0 Å². The number of rotatable bonds is 2. The van der Waals surface area contributed by atoms with Crippen molar-refractivity contribution in [1.29, 1.82) is 0 Å². The van der Waals surface area contributed by atoms with E-state index in [1.165, 1.54) is 55.7 Å². The minimum Gasteiger partial charge on any atom is -0.472 e. The van der Waals surface area contributed by atoms with Crippen molar-refractivity contribution in [1.82, 2.24) is 0 Å². The summed E-state index contributed by atoms with van der Waals surface area (Å²) in [5.74, 6) is 2.27. The maximum Gasteiger partial charge on any atom is 0.293 e. The summed E-state index contributed by atoms with van der Waals surface area (Å²) >= 11 is 0. The lowest BCUT2D eigenvalue weighted by Crippen LogP contribution is -2.54. The summed E-state index contributed by atoms with van der Waals surface area (Å²) < 4.78 is 20.7. The van der Waals surface area contributed by atoms with Crippen LogP contribution in [-0.4, -0.2) is 6.71 Å². The molecular weight excluding hydrogens is 649 g/mol. The van der Waals surface area contributed by atoms with E-state index in [9.17, 15) is 0 Å². The van der Waals surface area contributed by atoms with Gasteiger partial charge in [-0.25, -0.2) is 0 Å². The first-order valence-corrected chi connectivity index (χ1v) is 19.5. The highest BCUT2D eigenvalue weighted by Crippen LogP contribution is 2.58. The van der Waals surface area contributed by atoms with Gasteiger partial charge in [-0.2, -0.15) is 0 Å². The molecule has 7 aromatic rings. The van der Waals surface area contributed by atoms with Gasteiger partial charge in [-0.3, -0.25) is 0 Å². The van der Waals surface area contributed by atoms with Crippen LogP contribution in [0.25, 0.3) is 44.2 Å². The van der Waals surface area contributed by atoms with Crippen molar-refractivity contribution in [2.75, 3.05) is 4.90 Å². The monoisotopic (exact) mass is 695 g/mol. The summed E-state index contributed by atoms with van der Waals surface area (Å²) in [6, 6.07) is 28.9. The first-order valence-electron chi connectivity index (χ1n) is 19.5. The number of furan rings is 3. The van der Waals surface area contributed by atoms with Crippen molar-refractivity contribution in [3.8, 4) is 22.3 Å². The van der Waals surface area contributed by atoms with Gasteiger partial charge in [-0.05, 0) is 88.5 Å². The van der Waals surface area contributed by atoms with Crippen molar-refractivity contribution in [2.45, 2.75) is 103 Å². The molecule has 4 aliphatic rings. The van der Waals surface area contributed by atoms with Gasteiger partial charge in [0.1, 0.15) is 28.9 Å². The highest BCUT2D eigenvalue weighted by atomic mass is 16.3. The Morgan fingerprint density at radius 1 is 0.585 bits per heavy atom. The Balaban J connectivity index is 1.30. The summed E-state index contributed by atoms with van der Waals surface area (Å²) in [4.78, 5) is 2.60. The lowest BCUT2D eigenvalue weighted by molar-refractivity contribution is 0.278. The Hall–Kier alpha value is -4.90. The van der Waals surface area contributed by atoms with Crippen LogP contribution in [0.4, 0.5) is 17.1 Å². The number of hydrogen-bond acceptors (Lipinski definition) is 4. The van der Waals surface area contributed by atoms with E-state index in [1.807, 2.05) is 0 Å². The normalized spacial score (nSPS) is 19.5. The third-order valence-corrected chi connectivity index (χ3v) is 13.7. The standard InChI is InChI=1S/C48H46BNO3/c1-45(2)20-22-47(5,6)42-38(45)34(26-51-42)50-33-25-27(28-16-13-19-36-37(28)30-15-10-12-18-35(30)52-36)24-31-29-14-9-11-17-32(29)49(40(31)33)44-41(50)39-43(53-44)48(7,8)23-21-46(39,3)4/h9-19,24-26H,20-23H2,1-8H3. The van der Waals surface area contributed by atoms with E-state index in [0.29, 0.717) is 0 Å². The second kappa shape index (κ2) is 9.99. The third kappa shape index (κ3) is 4.04. The molecule has 5 heteroatoms. The first kappa shape index (κ1) is 31.6. The molecule has 3 aromatic heterocycles. The first-order chi connectivity index (χ1) is 25.3. The Morgan fingerprint density at radius 3 is 2.06 bits per heavy atom. The second-order valence-electron chi connectivity index (χ2n) is 19.0. The molecule has 0 radical (unpaired) electrons. The molecule has 0 spiro atoms. The molecule has 4 nitrogen and oxygen atoms in total. The third-order valence-electron chi connectivity index (χ3n) is 13.7. The molecule has 0 amide bonds. The van der Waals surface area contributed by atoms with Crippen molar-refractivity contribution in [3.05, 3.63) is 108 Å². The molecule has 2 aliphatic carbocycles. The molecule has 0 atom stereocenters. The van der Waals surface area contributed by atoms with E-state index in [0.717, 1.165) is 70.5 Å². The van der Waals surface area contributed by atoms with E-state index in [1.54, 1.807) is 0 Å². The largest absolute Gasteiger partial charge is 0.472 e. The van der Waals surface area contributed by atoms with Crippen LogP contribution >= 0.6 is 0 Å². The number of anilines is 3. The maximum absolute atomic E-state index is 7.42. The second-order valence-corrected chi connectivity index (χ2v) is 19.0. The zero-order chi connectivity index (χ0) is 36.4. The van der Waals surface area contributed by atoms with Crippen LogP contribution < -0.4 is 21.5 Å². The maximum atomic E-state index is 7.42. The predicted molar refractivity (Wildman–Crippen MR) is 219 cm³/mol. The molecule has 4 aromatic carbocycles. The zero-order valence-electron chi connectivity index (χ0n) is 32.2. The number of nitrogens with zero attached hydrogens (tertiary/aromatic N) is 1. The van der Waals surface area contributed by atoms with Crippen LogP contribution in [0.15, 0.2) is 98.4 Å². The minimum absolute atomic E-state index is 0.00595. The van der Waals surface area contributed by atoms with Gasteiger partial charge < -0.3 is 18.2 Å². The number of para-hydroxylation sites is 1. The summed E-state index contributed by atoms with van der Waals surface area (Å²) in [5.41, 5.74) is 16.5. The van der Waals surface area contributed by atoms with Gasteiger partial charge in [0.25, 0.3) is 6.71 Å². The molecule has 264 valence electrons. The van der Waals surface area contributed by atoms with Crippen molar-refractivity contribution in [2.24, 2.45) is 0 Å². The van der Waals surface area contributed by atoms with Crippen molar-refractivity contribution >= 4 is 62.3 Å². The van der Waals surface area contributed by atoms with E-state index in [2.05, 4.69) is 145 Å². The predicted octanol–water partition coefficient (Wildman–Crippen LogP) is 11.4. The summed E-state index contributed by atoms with van der Waals surface area (Å²) in [5, 5.41) is 2.30. The van der Waals surface area contributed by atoms with Crippen molar-refractivity contribution in [3.63, 3.8) is 0 Å². The van der Waals surface area contributed by atoms with E-state index in [-0.39, 0.29) is 28.4 Å². The van der Waals surface area contributed by atoms with E-state index in [4.69, 9.17) is 13.3 Å². The molecule has 0 saturated carbocycles. The SMILES string of the molecule is CC1(C)CCC(C)(C)c2c(N3c4cc(-c5cccc6oc7ccccc7c56)cc5c4B(c4ccccc4-5)c4oc5c(c43)C(C)(C)CCC5(C)C)coc21. The molecular formula is C48H46BNO3. The van der Waals surface area contributed by atoms with Gasteiger partial charge in [-0.15, -0.1) is 0 Å². The highest BCUT2D eigenvalue weighted by Gasteiger charge is 2.53. The van der Waals surface area contributed by atoms with Gasteiger partial charge in [0, 0.05) is 38.4 Å². The molecule has 0 unspecified atom stereocenters. The topological polar surface area (TPSA) is 42.7 Å². The molecule has 5 heterocycles. The average Bonchev–Trinajstić information content (AvgIpc) is 3.91. The number of benzene rings is 4. The molecule has 53 heavy (non-hydrogen) atoms. The average molecular weight is 696 g/mol. The fraction of sp³-hybridized carbons (Fsp3) is 0.333. The summed E-state index contributed by atoms with van der Waals surface area (Å²) in [7, 11) is 0. The highest BCUT2D eigenvalue weighted by molar-refractivity contribution is 7.00. The lowest BCUT2D eigenvalue weighted by atomic mass is 9.39. The Kier molecular flexibility index (Phi) is 5.96. The molecule has 0 N–H and O–H groups in total. The molecule has 0 fully saturated rings. The Morgan fingerprint density at radius 2 is 1.25 bits per heavy atom. The van der Waals surface area contributed by atoms with Gasteiger partial charge in [0.05, 0.1) is 17.0 Å². The minimum atomic E-state index is -0.0821. The van der Waals surface area contributed by atoms with Crippen LogP contribution in [-0.2, 0) is 21.7 Å². The zero-order valence-corrected chi connectivity index (χ0v) is 32.2. The van der Waals surface area contributed by atoms with Gasteiger partial charge in [0.2, 0.25) is 0 Å². The molecule has 0 saturated heterocycles. The molecule has 11 rings (SSSR count). The Bertz CT molecular complexity index is 2710. The van der Waals surface area contributed by atoms with Crippen LogP contribution in [0.1, 0.15) is 104 Å². The van der Waals surface area contributed by atoms with Gasteiger partial charge in [-0.1, -0.05) is 115 Å². The van der Waals surface area contributed by atoms with E-state index >= 15 is 0 Å². The Labute approximate surface area is 312 Å². The number of fused-ring (bicyclic) bond motifs is 11. The van der Waals surface area contributed by atoms with Crippen LogP contribution in [0.3, 0.4) is 0 Å². The lowest BCUT2D eigenvalue weighted by Gasteiger charge is -2.43. The smallest absolute Gasteiger partial charge is 0.293 e. The fourth-order valence-electron chi connectivity index (χ4n) is 10.7. The quantitative estimate of drug-likeness (QED) is 0.169. The van der Waals surface area contributed by atoms with Crippen LogP contribution in [0, 0.1) is 0 Å². The number of hydrogen-bond donors (Lipinski definition) is 0. The summed E-state index contributed by atoms with van der Waals surface area (Å²) in [6.45, 7) is 19.1. The van der Waals surface area contributed by atoms with Gasteiger partial charge in [0.15, 0.2) is 0 Å². The summed E-state index contributed by atoms with van der Waals surface area (Å²) in [6.07, 6.45) is 6.47. The fourth-order valence-corrected chi connectivity index (χ4v) is 10.7. The molecule has 0 bridgehead atoms. The van der Waals surface area contributed by atoms with Crippen LogP contribution in [0.2, 0.25) is 0 Å².